The maximum Gasteiger partial charge on any atom is 0.243 e. The first kappa shape index (κ1) is 18.6. The number of aromatic nitrogens is 1. The number of benzene rings is 3. The van der Waals surface area contributed by atoms with Crippen LogP contribution in [0.5, 0.6) is 0 Å². The summed E-state index contributed by atoms with van der Waals surface area (Å²) >= 11 is 0. The van der Waals surface area contributed by atoms with Crippen LogP contribution < -0.4 is 5.43 Å². The highest BCUT2D eigenvalue weighted by atomic mass is 16.2. The van der Waals surface area contributed by atoms with Crippen LogP contribution in [0.15, 0.2) is 77.6 Å². The third-order valence-corrected chi connectivity index (χ3v) is 6.21. The molecule has 2 heterocycles. The second-order valence-corrected chi connectivity index (χ2v) is 8.11. The van der Waals surface area contributed by atoms with Crippen molar-refractivity contribution in [2.24, 2.45) is 0 Å². The molecule has 0 N–H and O–H groups in total. The number of carbonyl (C=O) groups excluding carboxylic acids is 1. The van der Waals surface area contributed by atoms with E-state index < -0.39 is 0 Å². The maximum atomic E-state index is 13.5. The summed E-state index contributed by atoms with van der Waals surface area (Å²) in [6, 6.07) is 23.7. The van der Waals surface area contributed by atoms with Crippen LogP contribution in [0.1, 0.15) is 30.0 Å². The Bertz CT molecular complexity index is 1240. The molecule has 30 heavy (non-hydrogen) atoms. The van der Waals surface area contributed by atoms with Crippen LogP contribution in [0, 0.1) is 6.92 Å². The van der Waals surface area contributed by atoms with Crippen molar-refractivity contribution in [3.05, 3.63) is 94.1 Å². The van der Waals surface area contributed by atoms with Crippen LogP contribution in [0.3, 0.4) is 0 Å². The summed E-state index contributed by atoms with van der Waals surface area (Å²) in [4.78, 5) is 28.4. The Morgan fingerprint density at radius 3 is 2.13 bits per heavy atom. The minimum atomic E-state index is 0.0172. The molecule has 4 nitrogen and oxygen atoms in total. The highest BCUT2D eigenvalue weighted by molar-refractivity contribution is 5.94. The fraction of sp³-hybridized carbons (Fsp3) is 0.231. The number of hydrogen-bond acceptors (Lipinski definition) is 2. The Hall–Kier alpha value is -3.40. The number of pyridine rings is 1. The van der Waals surface area contributed by atoms with E-state index in [1.165, 1.54) is 11.1 Å². The predicted octanol–water partition coefficient (Wildman–Crippen LogP) is 4.83. The molecule has 1 aliphatic heterocycles. The molecule has 150 valence electrons. The zero-order chi connectivity index (χ0) is 20.7. The predicted molar refractivity (Wildman–Crippen MR) is 121 cm³/mol. The lowest BCUT2D eigenvalue weighted by atomic mass is 10.0. The molecule has 1 fully saturated rings. The number of nitrogens with zero attached hydrogens (tertiary/aromatic N) is 2. The lowest BCUT2D eigenvalue weighted by molar-refractivity contribution is -0.132. The Labute approximate surface area is 175 Å². The number of carbonyl (C=O) groups is 1. The summed E-state index contributed by atoms with van der Waals surface area (Å²) in [5, 5.41) is 1.31. The first-order valence-corrected chi connectivity index (χ1v) is 10.5. The highest BCUT2D eigenvalue weighted by Gasteiger charge is 2.30. The molecule has 0 unspecified atom stereocenters. The van der Waals surface area contributed by atoms with Crippen LogP contribution in [0.25, 0.3) is 21.8 Å². The third kappa shape index (κ3) is 3.09. The van der Waals surface area contributed by atoms with Crippen LogP contribution in [-0.4, -0.2) is 21.9 Å². The zero-order valence-corrected chi connectivity index (χ0v) is 17.0. The van der Waals surface area contributed by atoms with E-state index in [0.29, 0.717) is 10.8 Å². The lowest BCUT2D eigenvalue weighted by Gasteiger charge is -2.26. The first-order chi connectivity index (χ1) is 14.6. The van der Waals surface area contributed by atoms with E-state index in [-0.39, 0.29) is 23.9 Å². The van der Waals surface area contributed by atoms with Gasteiger partial charge in [-0.3, -0.25) is 9.59 Å². The summed E-state index contributed by atoms with van der Waals surface area (Å²) in [6.07, 6.45) is 2.00. The summed E-state index contributed by atoms with van der Waals surface area (Å²) < 4.78 is 2.00. The van der Waals surface area contributed by atoms with E-state index >= 15 is 0 Å². The minimum absolute atomic E-state index is 0.0172. The van der Waals surface area contributed by atoms with Crippen molar-refractivity contribution < 1.29 is 4.79 Å². The fourth-order valence-corrected chi connectivity index (χ4v) is 4.67. The smallest absolute Gasteiger partial charge is 0.243 e. The van der Waals surface area contributed by atoms with Crippen molar-refractivity contribution in [1.82, 2.24) is 9.47 Å². The molecule has 0 saturated carbocycles. The molecular weight excluding hydrogens is 372 g/mol. The summed E-state index contributed by atoms with van der Waals surface area (Å²) in [5.74, 6) is 0.0945. The number of aryl methyl sites for hydroxylation is 1. The maximum absolute atomic E-state index is 13.5. The monoisotopic (exact) mass is 396 g/mol. The fourth-order valence-electron chi connectivity index (χ4n) is 4.67. The van der Waals surface area contributed by atoms with Crippen LogP contribution >= 0.6 is 0 Å². The molecular formula is C26H24N2O2. The van der Waals surface area contributed by atoms with Gasteiger partial charge >= 0.3 is 0 Å². The number of hydrogen-bond donors (Lipinski definition) is 0. The van der Waals surface area contributed by atoms with Gasteiger partial charge in [0.25, 0.3) is 0 Å². The Balaban J connectivity index is 1.56. The Morgan fingerprint density at radius 1 is 0.900 bits per heavy atom. The Morgan fingerprint density at radius 2 is 1.50 bits per heavy atom. The first-order valence-electron chi connectivity index (χ1n) is 10.5. The SMILES string of the molecule is Cc1ccc([C@@H]2CCCN2C(=O)Cn2c3ccccc3c(=O)c3ccccc32)cc1. The van der Waals surface area contributed by atoms with Crippen molar-refractivity contribution >= 4 is 27.7 Å². The average Bonchev–Trinajstić information content (AvgIpc) is 3.27. The molecule has 4 heteroatoms. The van der Waals surface area contributed by atoms with E-state index in [1.807, 2.05) is 58.0 Å². The molecule has 1 atom stereocenters. The normalized spacial score (nSPS) is 16.4. The second kappa shape index (κ2) is 7.45. The van der Waals surface area contributed by atoms with E-state index in [9.17, 15) is 9.59 Å². The van der Waals surface area contributed by atoms with Crippen molar-refractivity contribution in [2.75, 3.05) is 6.54 Å². The van der Waals surface area contributed by atoms with Crippen LogP contribution in [0.4, 0.5) is 0 Å². The van der Waals surface area contributed by atoms with E-state index in [0.717, 1.165) is 30.4 Å². The molecule has 1 saturated heterocycles. The molecule has 1 aliphatic rings. The summed E-state index contributed by atoms with van der Waals surface area (Å²) in [6.45, 7) is 3.07. The zero-order valence-electron chi connectivity index (χ0n) is 17.0. The van der Waals surface area contributed by atoms with Crippen LogP contribution in [0.2, 0.25) is 0 Å². The van der Waals surface area contributed by atoms with Gasteiger partial charge in [0, 0.05) is 17.3 Å². The highest BCUT2D eigenvalue weighted by Crippen LogP contribution is 2.32. The van der Waals surface area contributed by atoms with E-state index in [2.05, 4.69) is 31.2 Å². The minimum Gasteiger partial charge on any atom is -0.334 e. The van der Waals surface area contributed by atoms with Crippen molar-refractivity contribution in [3.8, 4) is 0 Å². The number of amides is 1. The number of fused-ring (bicyclic) bond motifs is 2. The number of likely N-dealkylation sites (tertiary alicyclic amines) is 1. The van der Waals surface area contributed by atoms with Gasteiger partial charge in [-0.1, -0.05) is 54.1 Å². The quantitative estimate of drug-likeness (QED) is 0.466. The van der Waals surface area contributed by atoms with Gasteiger partial charge in [-0.2, -0.15) is 0 Å². The van der Waals surface area contributed by atoms with Gasteiger partial charge in [0.05, 0.1) is 17.1 Å². The van der Waals surface area contributed by atoms with Gasteiger partial charge in [-0.25, -0.2) is 0 Å². The summed E-state index contributed by atoms with van der Waals surface area (Å²) in [7, 11) is 0. The van der Waals surface area contributed by atoms with Crippen molar-refractivity contribution in [2.45, 2.75) is 32.4 Å². The molecule has 1 amide bonds. The van der Waals surface area contributed by atoms with E-state index in [4.69, 9.17) is 0 Å². The Kier molecular flexibility index (Phi) is 4.62. The lowest BCUT2D eigenvalue weighted by Crippen LogP contribution is -2.34. The molecule has 0 radical (unpaired) electrons. The molecule has 3 aromatic carbocycles. The topological polar surface area (TPSA) is 42.3 Å². The molecule has 4 aromatic rings. The van der Waals surface area contributed by atoms with Crippen molar-refractivity contribution in [1.29, 1.82) is 0 Å². The largest absolute Gasteiger partial charge is 0.334 e. The molecule has 5 rings (SSSR count). The molecule has 0 bridgehead atoms. The van der Waals surface area contributed by atoms with Gasteiger partial charge in [0.2, 0.25) is 5.91 Å². The number of rotatable bonds is 3. The average molecular weight is 396 g/mol. The van der Waals surface area contributed by atoms with Crippen molar-refractivity contribution in [3.63, 3.8) is 0 Å². The van der Waals surface area contributed by atoms with Gasteiger partial charge in [0.15, 0.2) is 5.43 Å². The van der Waals surface area contributed by atoms with E-state index in [1.54, 1.807) is 0 Å². The molecule has 1 aromatic heterocycles. The van der Waals surface area contributed by atoms with Gasteiger partial charge < -0.3 is 9.47 Å². The van der Waals surface area contributed by atoms with Gasteiger partial charge in [0.1, 0.15) is 6.54 Å². The van der Waals surface area contributed by atoms with Gasteiger partial charge in [-0.05, 0) is 49.6 Å². The van der Waals surface area contributed by atoms with Crippen LogP contribution in [-0.2, 0) is 11.3 Å². The third-order valence-electron chi connectivity index (χ3n) is 6.21. The number of para-hydroxylation sites is 2. The summed E-state index contributed by atoms with van der Waals surface area (Å²) in [5.41, 5.74) is 4.05. The molecule has 0 aliphatic carbocycles. The molecule has 0 spiro atoms. The standard InChI is InChI=1S/C26H24N2O2/c1-18-12-14-19(15-13-18)22-11-6-16-27(22)25(29)17-28-23-9-4-2-7-20(23)26(30)21-8-3-5-10-24(21)28/h2-5,7-10,12-15,22H,6,11,16-17H2,1H3/t22-/m0/s1. The second-order valence-electron chi connectivity index (χ2n) is 8.11. The van der Waals surface area contributed by atoms with Gasteiger partial charge in [-0.15, -0.1) is 0 Å².